The molecular weight excluding hydrogens is 281 g/mol. The van der Waals surface area contributed by atoms with Gasteiger partial charge in [0.1, 0.15) is 4.88 Å². The van der Waals surface area contributed by atoms with E-state index in [-0.39, 0.29) is 30.7 Å². The van der Waals surface area contributed by atoms with E-state index >= 15 is 0 Å². The van der Waals surface area contributed by atoms with Gasteiger partial charge in [-0.3, -0.25) is 4.79 Å². The lowest BCUT2D eigenvalue weighted by atomic mass is 10.1. The van der Waals surface area contributed by atoms with Gasteiger partial charge in [-0.2, -0.15) is 0 Å². The van der Waals surface area contributed by atoms with Crippen molar-refractivity contribution >= 4 is 42.1 Å². The highest BCUT2D eigenvalue weighted by atomic mass is 35.5. The highest BCUT2D eigenvalue weighted by Crippen LogP contribution is 2.13. The summed E-state index contributed by atoms with van der Waals surface area (Å²) in [5.41, 5.74) is 2.54. The third-order valence-electron chi connectivity index (χ3n) is 2.63. The van der Waals surface area contributed by atoms with E-state index in [0.717, 1.165) is 36.5 Å². The van der Waals surface area contributed by atoms with Crippen molar-refractivity contribution in [1.82, 2.24) is 15.6 Å². The van der Waals surface area contributed by atoms with E-state index in [1.165, 1.54) is 11.3 Å². The number of halogens is 2. The van der Waals surface area contributed by atoms with Crippen LogP contribution in [0.15, 0.2) is 5.51 Å². The molecular formula is C10H17Cl2N3OS. The molecule has 0 aromatic carbocycles. The maximum Gasteiger partial charge on any atom is 0.263 e. The van der Waals surface area contributed by atoms with E-state index in [0.29, 0.717) is 6.04 Å². The van der Waals surface area contributed by atoms with Crippen LogP contribution in [0.2, 0.25) is 0 Å². The molecule has 0 unspecified atom stereocenters. The van der Waals surface area contributed by atoms with Gasteiger partial charge in [0, 0.05) is 6.04 Å². The summed E-state index contributed by atoms with van der Waals surface area (Å²) < 4.78 is 0. The summed E-state index contributed by atoms with van der Waals surface area (Å²) in [5, 5.41) is 6.33. The van der Waals surface area contributed by atoms with Gasteiger partial charge in [0.15, 0.2) is 0 Å². The first-order valence-electron chi connectivity index (χ1n) is 5.19. The van der Waals surface area contributed by atoms with E-state index in [1.807, 2.05) is 6.92 Å². The van der Waals surface area contributed by atoms with E-state index in [2.05, 4.69) is 15.6 Å². The monoisotopic (exact) mass is 297 g/mol. The summed E-state index contributed by atoms with van der Waals surface area (Å²) in [7, 11) is 0. The third kappa shape index (κ3) is 4.43. The Morgan fingerprint density at radius 2 is 2.12 bits per heavy atom. The molecule has 1 saturated heterocycles. The number of amides is 1. The Labute approximate surface area is 117 Å². The molecule has 0 atom stereocenters. The van der Waals surface area contributed by atoms with Crippen LogP contribution in [0, 0.1) is 6.92 Å². The number of hydrogen-bond acceptors (Lipinski definition) is 4. The number of piperidine rings is 1. The third-order valence-corrected chi connectivity index (χ3v) is 3.55. The zero-order chi connectivity index (χ0) is 10.7. The van der Waals surface area contributed by atoms with Gasteiger partial charge in [0.25, 0.3) is 5.91 Å². The summed E-state index contributed by atoms with van der Waals surface area (Å²) >= 11 is 1.41. The summed E-state index contributed by atoms with van der Waals surface area (Å²) in [6.45, 7) is 3.85. The van der Waals surface area contributed by atoms with Gasteiger partial charge in [-0.25, -0.2) is 4.98 Å². The van der Waals surface area contributed by atoms with Crippen LogP contribution in [0.4, 0.5) is 0 Å². The number of aromatic nitrogens is 1. The van der Waals surface area contributed by atoms with Gasteiger partial charge in [-0.15, -0.1) is 36.2 Å². The highest BCUT2D eigenvalue weighted by molar-refractivity contribution is 7.11. The summed E-state index contributed by atoms with van der Waals surface area (Å²) in [4.78, 5) is 16.7. The average molecular weight is 298 g/mol. The number of nitrogens with zero attached hydrogens (tertiary/aromatic N) is 1. The van der Waals surface area contributed by atoms with Crippen molar-refractivity contribution in [3.8, 4) is 0 Å². The highest BCUT2D eigenvalue weighted by Gasteiger charge is 2.18. The number of carbonyl (C=O) groups excluding carboxylic acids is 1. The maximum atomic E-state index is 11.8. The van der Waals surface area contributed by atoms with Gasteiger partial charge in [0.2, 0.25) is 0 Å². The van der Waals surface area contributed by atoms with Crippen LogP contribution in [-0.2, 0) is 0 Å². The number of thiazole rings is 1. The minimum atomic E-state index is 0. The molecule has 0 radical (unpaired) electrons. The second-order valence-corrected chi connectivity index (χ2v) is 4.62. The summed E-state index contributed by atoms with van der Waals surface area (Å²) in [6.07, 6.45) is 2.03. The fourth-order valence-corrected chi connectivity index (χ4v) is 2.44. The van der Waals surface area contributed by atoms with Gasteiger partial charge in [-0.05, 0) is 32.9 Å². The fraction of sp³-hybridized carbons (Fsp3) is 0.600. The van der Waals surface area contributed by atoms with Crippen molar-refractivity contribution in [2.24, 2.45) is 0 Å². The molecule has 1 amide bonds. The molecule has 2 rings (SSSR count). The molecule has 2 heterocycles. The molecule has 2 N–H and O–H groups in total. The summed E-state index contributed by atoms with van der Waals surface area (Å²) in [5.74, 6) is 0.0295. The number of aryl methyl sites for hydroxylation is 1. The molecule has 1 aliphatic rings. The Bertz CT molecular complexity index is 353. The second kappa shape index (κ2) is 7.87. The molecule has 4 nitrogen and oxygen atoms in total. The molecule has 1 aromatic rings. The van der Waals surface area contributed by atoms with Crippen molar-refractivity contribution in [2.45, 2.75) is 25.8 Å². The standard InChI is InChI=1S/C10H15N3OS.2ClH/c1-7-9(15-6-12-7)10(14)13-8-2-4-11-5-3-8;;/h6,8,11H,2-5H2,1H3,(H,13,14);2*1H. The minimum absolute atomic E-state index is 0. The lowest BCUT2D eigenvalue weighted by Gasteiger charge is -2.23. The number of carbonyl (C=O) groups is 1. The average Bonchev–Trinajstić information content (AvgIpc) is 2.66. The Kier molecular flexibility index (Phi) is 7.70. The Balaban J connectivity index is 0.00000128. The Hall–Kier alpha value is -0.360. The SMILES string of the molecule is Cc1ncsc1C(=O)NC1CCNCC1.Cl.Cl. The van der Waals surface area contributed by atoms with E-state index < -0.39 is 0 Å². The van der Waals surface area contributed by atoms with Crippen molar-refractivity contribution in [1.29, 1.82) is 0 Å². The van der Waals surface area contributed by atoms with Crippen LogP contribution < -0.4 is 10.6 Å². The molecule has 1 aromatic heterocycles. The normalized spacial score (nSPS) is 15.6. The Morgan fingerprint density at radius 3 is 2.65 bits per heavy atom. The van der Waals surface area contributed by atoms with Gasteiger partial charge < -0.3 is 10.6 Å². The first-order chi connectivity index (χ1) is 7.27. The van der Waals surface area contributed by atoms with Crippen LogP contribution in [0.5, 0.6) is 0 Å². The molecule has 1 aliphatic heterocycles. The van der Waals surface area contributed by atoms with Gasteiger partial charge in [0.05, 0.1) is 11.2 Å². The molecule has 17 heavy (non-hydrogen) atoms. The van der Waals surface area contributed by atoms with Crippen LogP contribution in [0.1, 0.15) is 28.2 Å². The number of hydrogen-bond donors (Lipinski definition) is 2. The molecule has 7 heteroatoms. The minimum Gasteiger partial charge on any atom is -0.348 e. The largest absolute Gasteiger partial charge is 0.348 e. The molecule has 0 aliphatic carbocycles. The smallest absolute Gasteiger partial charge is 0.263 e. The quantitative estimate of drug-likeness (QED) is 0.875. The molecule has 0 spiro atoms. The Morgan fingerprint density at radius 1 is 1.47 bits per heavy atom. The van der Waals surface area contributed by atoms with Gasteiger partial charge in [-0.1, -0.05) is 0 Å². The van der Waals surface area contributed by atoms with Crippen LogP contribution >= 0.6 is 36.2 Å². The van der Waals surface area contributed by atoms with Crippen molar-refractivity contribution in [3.05, 3.63) is 16.1 Å². The fourth-order valence-electron chi connectivity index (χ4n) is 1.74. The molecule has 98 valence electrons. The topological polar surface area (TPSA) is 54.0 Å². The van der Waals surface area contributed by atoms with Crippen molar-refractivity contribution in [2.75, 3.05) is 13.1 Å². The van der Waals surface area contributed by atoms with Gasteiger partial charge >= 0.3 is 0 Å². The predicted octanol–water partition coefficient (Wildman–Crippen LogP) is 1.78. The lowest BCUT2D eigenvalue weighted by Crippen LogP contribution is -2.42. The number of rotatable bonds is 2. The van der Waals surface area contributed by atoms with Crippen LogP contribution in [-0.4, -0.2) is 30.0 Å². The first-order valence-corrected chi connectivity index (χ1v) is 6.07. The summed E-state index contributed by atoms with van der Waals surface area (Å²) in [6, 6.07) is 0.320. The zero-order valence-electron chi connectivity index (χ0n) is 9.56. The second-order valence-electron chi connectivity index (χ2n) is 3.76. The first kappa shape index (κ1) is 16.6. The van der Waals surface area contributed by atoms with Crippen LogP contribution in [0.25, 0.3) is 0 Å². The van der Waals surface area contributed by atoms with Crippen molar-refractivity contribution < 1.29 is 4.79 Å². The van der Waals surface area contributed by atoms with Crippen molar-refractivity contribution in [3.63, 3.8) is 0 Å². The van der Waals surface area contributed by atoms with E-state index in [9.17, 15) is 4.79 Å². The van der Waals surface area contributed by atoms with E-state index in [1.54, 1.807) is 5.51 Å². The molecule has 0 saturated carbocycles. The van der Waals surface area contributed by atoms with Crippen LogP contribution in [0.3, 0.4) is 0 Å². The maximum absolute atomic E-state index is 11.8. The predicted molar refractivity (Wildman–Crippen MR) is 74.7 cm³/mol. The molecule has 1 fully saturated rings. The zero-order valence-corrected chi connectivity index (χ0v) is 12.0. The molecule has 0 bridgehead atoms. The lowest BCUT2D eigenvalue weighted by molar-refractivity contribution is 0.0933. The van der Waals surface area contributed by atoms with E-state index in [4.69, 9.17) is 0 Å². The number of nitrogens with one attached hydrogen (secondary N) is 2.